The standard InChI is InChI=1S/C17H24FNO4.CH2O2/c1-22-16-8-13(18)3-2-12(16)10-19-6-4-17(5-7-19)9-14(20)15(21)11-23-17;2-1-3/h2-3,8,14-15,20-21H,4-7,9-11H2,1H3;1H,(H,2,3)/t14-,15+;/m1./s1. The van der Waals surface area contributed by atoms with E-state index in [0.717, 1.165) is 31.5 Å². The van der Waals surface area contributed by atoms with Crippen molar-refractivity contribution in [3.8, 4) is 5.75 Å². The molecule has 3 N–H and O–H groups in total. The van der Waals surface area contributed by atoms with E-state index in [-0.39, 0.29) is 24.5 Å². The number of likely N-dealkylation sites (tertiary alicyclic amines) is 1. The summed E-state index contributed by atoms with van der Waals surface area (Å²) in [6.45, 7) is 2.32. The highest BCUT2D eigenvalue weighted by Gasteiger charge is 2.42. The number of ether oxygens (including phenoxy) is 2. The van der Waals surface area contributed by atoms with E-state index < -0.39 is 12.2 Å². The Labute approximate surface area is 152 Å². The van der Waals surface area contributed by atoms with E-state index in [2.05, 4.69) is 4.90 Å². The maximum atomic E-state index is 13.3. The third-order valence-corrected chi connectivity index (χ3v) is 5.00. The van der Waals surface area contributed by atoms with Crippen LogP contribution >= 0.6 is 0 Å². The molecule has 2 saturated heterocycles. The van der Waals surface area contributed by atoms with Crippen molar-refractivity contribution < 1.29 is 34.0 Å². The van der Waals surface area contributed by atoms with Crippen LogP contribution < -0.4 is 4.74 Å². The van der Waals surface area contributed by atoms with Gasteiger partial charge in [-0.2, -0.15) is 0 Å². The summed E-state index contributed by atoms with van der Waals surface area (Å²) < 4.78 is 24.4. The zero-order chi connectivity index (χ0) is 19.2. The number of carboxylic acid groups (broad SMARTS) is 1. The summed E-state index contributed by atoms with van der Waals surface area (Å²) >= 11 is 0. The lowest BCUT2D eigenvalue weighted by molar-refractivity contribution is -0.188. The van der Waals surface area contributed by atoms with Crippen molar-refractivity contribution in [3.63, 3.8) is 0 Å². The Kier molecular flexibility index (Phi) is 7.33. The molecule has 8 heteroatoms. The van der Waals surface area contributed by atoms with Gasteiger partial charge in [0.1, 0.15) is 17.7 Å². The summed E-state index contributed by atoms with van der Waals surface area (Å²) in [5, 5.41) is 26.4. The third kappa shape index (κ3) is 5.14. The van der Waals surface area contributed by atoms with Crippen molar-refractivity contribution in [2.45, 2.75) is 43.6 Å². The molecule has 2 heterocycles. The number of nitrogens with zero attached hydrogens (tertiary/aromatic N) is 1. The van der Waals surface area contributed by atoms with Crippen molar-refractivity contribution in [2.75, 3.05) is 26.8 Å². The van der Waals surface area contributed by atoms with E-state index >= 15 is 0 Å². The first-order chi connectivity index (χ1) is 12.4. The number of rotatable bonds is 3. The van der Waals surface area contributed by atoms with Gasteiger partial charge in [0.05, 0.1) is 25.4 Å². The quantitative estimate of drug-likeness (QED) is 0.682. The summed E-state index contributed by atoms with van der Waals surface area (Å²) in [5.74, 6) is 0.268. The van der Waals surface area contributed by atoms with Gasteiger partial charge in [-0.15, -0.1) is 0 Å². The molecule has 2 aliphatic rings. The van der Waals surface area contributed by atoms with Crippen LogP contribution in [0.1, 0.15) is 24.8 Å². The Morgan fingerprint density at radius 2 is 2.00 bits per heavy atom. The Bertz CT molecular complexity index is 591. The number of carbonyl (C=O) groups is 1. The normalized spacial score (nSPS) is 25.2. The van der Waals surface area contributed by atoms with E-state index in [1.54, 1.807) is 13.2 Å². The van der Waals surface area contributed by atoms with Crippen LogP contribution in [-0.4, -0.2) is 71.3 Å². The number of methoxy groups -OCH3 is 1. The molecule has 26 heavy (non-hydrogen) atoms. The van der Waals surface area contributed by atoms with Crippen LogP contribution in [-0.2, 0) is 16.1 Å². The molecular weight excluding hydrogens is 345 g/mol. The van der Waals surface area contributed by atoms with Crippen LogP contribution in [0.2, 0.25) is 0 Å². The number of benzene rings is 1. The highest BCUT2D eigenvalue weighted by atomic mass is 19.1. The molecule has 2 atom stereocenters. The fraction of sp³-hybridized carbons (Fsp3) is 0.611. The number of aliphatic hydroxyl groups is 2. The third-order valence-electron chi connectivity index (χ3n) is 5.00. The first kappa shape index (κ1) is 20.6. The molecule has 1 aromatic carbocycles. The van der Waals surface area contributed by atoms with Crippen LogP contribution in [0.4, 0.5) is 4.39 Å². The Hall–Kier alpha value is -1.74. The molecule has 0 saturated carbocycles. The molecule has 0 radical (unpaired) electrons. The molecule has 1 aromatic rings. The van der Waals surface area contributed by atoms with Crippen molar-refractivity contribution in [1.29, 1.82) is 0 Å². The Morgan fingerprint density at radius 1 is 1.35 bits per heavy atom. The van der Waals surface area contributed by atoms with Crippen LogP contribution in [0.25, 0.3) is 0 Å². The molecule has 0 aromatic heterocycles. The first-order valence-corrected chi connectivity index (χ1v) is 8.56. The zero-order valence-corrected chi connectivity index (χ0v) is 14.8. The van der Waals surface area contributed by atoms with E-state index in [9.17, 15) is 14.6 Å². The van der Waals surface area contributed by atoms with Gasteiger partial charge in [-0.25, -0.2) is 4.39 Å². The monoisotopic (exact) mass is 371 g/mol. The van der Waals surface area contributed by atoms with Gasteiger partial charge in [-0.05, 0) is 18.9 Å². The topological polar surface area (TPSA) is 99.5 Å². The van der Waals surface area contributed by atoms with E-state index in [1.165, 1.54) is 12.1 Å². The van der Waals surface area contributed by atoms with E-state index in [4.69, 9.17) is 19.4 Å². The molecule has 2 fully saturated rings. The van der Waals surface area contributed by atoms with Gasteiger partial charge in [0.2, 0.25) is 0 Å². The lowest BCUT2D eigenvalue weighted by atomic mass is 9.82. The van der Waals surface area contributed by atoms with E-state index in [1.807, 2.05) is 0 Å². The number of aliphatic hydroxyl groups excluding tert-OH is 2. The van der Waals surface area contributed by atoms with Gasteiger partial charge >= 0.3 is 0 Å². The van der Waals surface area contributed by atoms with Gasteiger partial charge in [-0.1, -0.05) is 6.07 Å². The minimum Gasteiger partial charge on any atom is -0.496 e. The molecular formula is C18H26FNO6. The highest BCUT2D eigenvalue weighted by molar-refractivity contribution is 5.34. The maximum absolute atomic E-state index is 13.3. The smallest absolute Gasteiger partial charge is 0.290 e. The molecule has 0 aliphatic carbocycles. The fourth-order valence-corrected chi connectivity index (χ4v) is 3.51. The van der Waals surface area contributed by atoms with Crippen LogP contribution in [0.3, 0.4) is 0 Å². The lowest BCUT2D eigenvalue weighted by Gasteiger charge is -2.46. The lowest BCUT2D eigenvalue weighted by Crippen LogP contribution is -2.54. The van der Waals surface area contributed by atoms with Crippen molar-refractivity contribution >= 4 is 6.47 Å². The molecule has 7 nitrogen and oxygen atoms in total. The summed E-state index contributed by atoms with van der Waals surface area (Å²) in [6.07, 6.45) is 0.650. The molecule has 3 rings (SSSR count). The van der Waals surface area contributed by atoms with Crippen LogP contribution in [0.5, 0.6) is 5.75 Å². The molecule has 1 spiro atoms. The van der Waals surface area contributed by atoms with Crippen molar-refractivity contribution in [3.05, 3.63) is 29.6 Å². The molecule has 0 amide bonds. The van der Waals surface area contributed by atoms with Gasteiger partial charge in [-0.3, -0.25) is 9.69 Å². The minimum absolute atomic E-state index is 0.201. The van der Waals surface area contributed by atoms with Gasteiger partial charge in [0, 0.05) is 37.7 Å². The molecule has 2 aliphatic heterocycles. The SMILES string of the molecule is COc1cc(F)ccc1CN1CCC2(CC1)C[C@@H](O)[C@@H](O)CO2.O=CO. The molecule has 146 valence electrons. The summed E-state index contributed by atoms with van der Waals surface area (Å²) in [5.41, 5.74) is 0.645. The second kappa shape index (κ2) is 9.27. The summed E-state index contributed by atoms with van der Waals surface area (Å²) in [6, 6.07) is 4.61. The average Bonchev–Trinajstić information content (AvgIpc) is 2.63. The minimum atomic E-state index is -0.776. The van der Waals surface area contributed by atoms with E-state index in [0.29, 0.717) is 18.7 Å². The number of halogens is 1. The van der Waals surface area contributed by atoms with Gasteiger partial charge in [0.15, 0.2) is 0 Å². The molecule has 0 bridgehead atoms. The zero-order valence-electron chi connectivity index (χ0n) is 14.8. The van der Waals surface area contributed by atoms with Crippen molar-refractivity contribution in [1.82, 2.24) is 4.90 Å². The second-order valence-corrected chi connectivity index (χ2v) is 6.67. The fourth-order valence-electron chi connectivity index (χ4n) is 3.51. The highest BCUT2D eigenvalue weighted by Crippen LogP contribution is 2.36. The summed E-state index contributed by atoms with van der Waals surface area (Å²) in [7, 11) is 1.55. The number of hydrogen-bond donors (Lipinski definition) is 3. The first-order valence-electron chi connectivity index (χ1n) is 8.56. The van der Waals surface area contributed by atoms with Crippen LogP contribution in [0.15, 0.2) is 18.2 Å². The van der Waals surface area contributed by atoms with Gasteiger partial charge in [0.25, 0.3) is 6.47 Å². The Morgan fingerprint density at radius 3 is 2.58 bits per heavy atom. The number of hydrogen-bond acceptors (Lipinski definition) is 6. The van der Waals surface area contributed by atoms with Crippen molar-refractivity contribution in [2.24, 2.45) is 0 Å². The van der Waals surface area contributed by atoms with Crippen LogP contribution in [0, 0.1) is 5.82 Å². The predicted molar refractivity (Wildman–Crippen MR) is 91.5 cm³/mol. The second-order valence-electron chi connectivity index (χ2n) is 6.67. The number of piperidine rings is 1. The molecule has 0 unspecified atom stereocenters. The average molecular weight is 371 g/mol. The Balaban J connectivity index is 0.000000758. The summed E-state index contributed by atoms with van der Waals surface area (Å²) in [4.78, 5) is 10.6. The maximum Gasteiger partial charge on any atom is 0.290 e. The van der Waals surface area contributed by atoms with Gasteiger partial charge < -0.3 is 24.8 Å². The predicted octanol–water partition coefficient (Wildman–Crippen LogP) is 1.01. The largest absolute Gasteiger partial charge is 0.496 e.